The molecule has 6 heterocycles. The average molecular weight is 869 g/mol. The minimum atomic E-state index is -0.261. The number of urea groups is 1. The number of nitrogens with one attached hydrogen (secondary N) is 2. The van der Waals surface area contributed by atoms with Gasteiger partial charge in [0.05, 0.1) is 54.7 Å². The molecule has 4 aromatic carbocycles. The summed E-state index contributed by atoms with van der Waals surface area (Å²) < 4.78 is 36.4. The molecule has 0 aliphatic carbocycles. The minimum Gasteiger partial charge on any atom is -0.493 e. The van der Waals surface area contributed by atoms with Gasteiger partial charge in [-0.3, -0.25) is 9.80 Å². The number of hydrogen-bond acceptors (Lipinski definition) is 9. The lowest BCUT2D eigenvalue weighted by Gasteiger charge is -2.48. The van der Waals surface area contributed by atoms with Crippen LogP contribution in [0.3, 0.4) is 0 Å². The van der Waals surface area contributed by atoms with Crippen molar-refractivity contribution in [2.45, 2.75) is 63.1 Å². The fourth-order valence-corrected chi connectivity index (χ4v) is 10.9. The number of hydrogen-bond donors (Lipinski definition) is 2. The van der Waals surface area contributed by atoms with Crippen LogP contribution in [0.15, 0.2) is 85.2 Å². The molecule has 2 unspecified atom stereocenters. The van der Waals surface area contributed by atoms with Crippen LogP contribution in [0.4, 0.5) is 4.79 Å². The fourth-order valence-electron chi connectivity index (χ4n) is 10.9. The summed E-state index contributed by atoms with van der Waals surface area (Å²) in [5, 5.41) is 2.50. The van der Waals surface area contributed by atoms with Crippen molar-refractivity contribution < 1.29 is 33.2 Å². The molecule has 64 heavy (non-hydrogen) atoms. The van der Waals surface area contributed by atoms with Gasteiger partial charge in [0.1, 0.15) is 12.5 Å². The van der Waals surface area contributed by atoms with E-state index in [1.54, 1.807) is 28.4 Å². The van der Waals surface area contributed by atoms with Gasteiger partial charge in [-0.05, 0) is 108 Å². The lowest BCUT2D eigenvalue weighted by molar-refractivity contribution is -0.135. The van der Waals surface area contributed by atoms with E-state index in [0.29, 0.717) is 39.4 Å². The Labute approximate surface area is 375 Å². The molecule has 2 N–H and O–H groups in total. The molecule has 4 atom stereocenters. The van der Waals surface area contributed by atoms with Crippen molar-refractivity contribution in [3.05, 3.63) is 119 Å². The number of amides is 2. The highest BCUT2D eigenvalue weighted by Crippen LogP contribution is 2.43. The number of aromatic amines is 2. The van der Waals surface area contributed by atoms with E-state index in [4.69, 9.17) is 28.4 Å². The number of methoxy groups -OCH3 is 4. The molecule has 2 amide bonds. The molecular weight excluding hydrogens is 809 g/mol. The number of H-pyrrole nitrogens is 2. The van der Waals surface area contributed by atoms with E-state index in [9.17, 15) is 4.79 Å². The number of aryl methyl sites for hydroxylation is 2. The fraction of sp³-hybridized carbons (Fsp3) is 0.431. The molecule has 336 valence electrons. The Balaban J connectivity index is 0.876. The Hall–Kier alpha value is -5.73. The van der Waals surface area contributed by atoms with Crippen molar-refractivity contribution in [3.63, 3.8) is 0 Å². The maximum atomic E-state index is 14.7. The zero-order valence-electron chi connectivity index (χ0n) is 37.4. The van der Waals surface area contributed by atoms with E-state index >= 15 is 0 Å². The second kappa shape index (κ2) is 18.4. The molecule has 6 aromatic rings. The van der Waals surface area contributed by atoms with Crippen LogP contribution in [0.2, 0.25) is 0 Å². The van der Waals surface area contributed by atoms with Crippen molar-refractivity contribution in [2.75, 3.05) is 80.9 Å². The average Bonchev–Trinajstić information content (AvgIpc) is 3.97. The summed E-state index contributed by atoms with van der Waals surface area (Å²) in [6, 6.07) is 25.7. The molecule has 0 bridgehead atoms. The normalized spacial score (nSPS) is 21.8. The quantitative estimate of drug-likeness (QED) is 0.127. The molecule has 0 spiro atoms. The predicted molar refractivity (Wildman–Crippen MR) is 247 cm³/mol. The lowest BCUT2D eigenvalue weighted by Crippen LogP contribution is -2.60. The van der Waals surface area contributed by atoms with Crippen molar-refractivity contribution in [3.8, 4) is 23.0 Å². The summed E-state index contributed by atoms with van der Waals surface area (Å²) in [7, 11) is 6.77. The number of ether oxygens (including phenoxy) is 6. The maximum Gasteiger partial charge on any atom is 0.320 e. The molecule has 13 nitrogen and oxygen atoms in total. The summed E-state index contributed by atoms with van der Waals surface area (Å²) in [5.41, 5.74) is 9.86. The second-order valence-electron chi connectivity index (χ2n) is 17.4. The highest BCUT2D eigenvalue weighted by atomic mass is 16.5. The number of aromatic nitrogens is 2. The van der Waals surface area contributed by atoms with E-state index in [1.807, 2.05) is 9.80 Å². The molecule has 2 aromatic heterocycles. The summed E-state index contributed by atoms with van der Waals surface area (Å²) in [6.07, 6.45) is 8.97. The van der Waals surface area contributed by atoms with Crippen molar-refractivity contribution in [2.24, 2.45) is 0 Å². The van der Waals surface area contributed by atoms with Gasteiger partial charge in [0.25, 0.3) is 0 Å². The lowest BCUT2D eigenvalue weighted by atomic mass is 9.88. The van der Waals surface area contributed by atoms with Gasteiger partial charge in [0.15, 0.2) is 23.0 Å². The van der Waals surface area contributed by atoms with Gasteiger partial charge in [0.2, 0.25) is 0 Å². The van der Waals surface area contributed by atoms with Crippen LogP contribution in [0.5, 0.6) is 23.0 Å². The van der Waals surface area contributed by atoms with Gasteiger partial charge in [-0.2, -0.15) is 0 Å². The second-order valence-corrected chi connectivity index (χ2v) is 17.4. The Bertz CT molecular complexity index is 2430. The monoisotopic (exact) mass is 868 g/mol. The van der Waals surface area contributed by atoms with Crippen LogP contribution in [-0.2, 0) is 35.2 Å². The van der Waals surface area contributed by atoms with Gasteiger partial charge in [-0.15, -0.1) is 0 Å². The van der Waals surface area contributed by atoms with E-state index in [1.165, 1.54) is 44.2 Å². The maximum absolute atomic E-state index is 14.7. The summed E-state index contributed by atoms with van der Waals surface area (Å²) in [6.45, 7) is 4.61. The van der Waals surface area contributed by atoms with Crippen molar-refractivity contribution >= 4 is 27.8 Å². The minimum absolute atomic E-state index is 0.0416. The topological polar surface area (TPSA) is 117 Å². The Morgan fingerprint density at radius 1 is 0.594 bits per heavy atom. The van der Waals surface area contributed by atoms with Gasteiger partial charge in [-0.25, -0.2) is 4.79 Å². The zero-order chi connectivity index (χ0) is 43.7. The third kappa shape index (κ3) is 8.03. The first-order valence-corrected chi connectivity index (χ1v) is 22.8. The standard InChI is InChI=1S/C51H60N6O7/c1-59-45-25-33-17-19-56(43(39(33)27-47(45)61-3)15-13-35-29-52-41-11-7-5-9-37(35)41)49-31-54(21-23-63-49)51(58)55-22-24-64-50(32-55)57-20-18-34-26-46(60-2)48(62-4)28-40(34)44(57)16-14-36-30-53-42-12-8-6-10-38(36)42/h5-12,25-30,43-44,49-50,52-53H,13-24,31-32H2,1-4H3/t43?,44?,49-,50-/m0/s1. The first kappa shape index (κ1) is 42.2. The van der Waals surface area contributed by atoms with Gasteiger partial charge >= 0.3 is 6.03 Å². The number of fused-ring (bicyclic) bond motifs is 4. The molecule has 0 radical (unpaired) electrons. The van der Waals surface area contributed by atoms with Crippen LogP contribution in [0.1, 0.15) is 58.3 Å². The number of benzene rings is 4. The van der Waals surface area contributed by atoms with Crippen LogP contribution in [0, 0.1) is 0 Å². The molecule has 4 aliphatic rings. The Kier molecular flexibility index (Phi) is 12.1. The molecule has 13 heteroatoms. The first-order valence-electron chi connectivity index (χ1n) is 22.8. The third-order valence-corrected chi connectivity index (χ3v) is 14.2. The largest absolute Gasteiger partial charge is 0.493 e. The SMILES string of the molecule is COc1cc2c(cc1OC)C(CCc1c[nH]c3ccccc13)N([C@@H]1CN(C(=O)N3CCO[C@H](N4CCc5cc(OC)c(OC)cc5C4CCc4c[nH]c5ccccc45)C3)CCO1)CC2. The zero-order valence-corrected chi connectivity index (χ0v) is 37.4. The van der Waals surface area contributed by atoms with Crippen LogP contribution >= 0.6 is 0 Å². The number of carbonyl (C=O) groups excluding carboxylic acids is 1. The smallest absolute Gasteiger partial charge is 0.320 e. The van der Waals surface area contributed by atoms with Gasteiger partial charge in [0, 0.05) is 72.5 Å². The van der Waals surface area contributed by atoms with Crippen LogP contribution < -0.4 is 18.9 Å². The van der Waals surface area contributed by atoms with Crippen molar-refractivity contribution in [1.82, 2.24) is 29.6 Å². The summed E-state index contributed by atoms with van der Waals surface area (Å²) in [5.74, 6) is 2.93. The molecule has 10 rings (SSSR count). The molecule has 2 fully saturated rings. The van der Waals surface area contributed by atoms with Gasteiger partial charge in [-0.1, -0.05) is 36.4 Å². The van der Waals surface area contributed by atoms with Gasteiger partial charge < -0.3 is 48.2 Å². The van der Waals surface area contributed by atoms with E-state index in [2.05, 4.69) is 105 Å². The summed E-state index contributed by atoms with van der Waals surface area (Å²) >= 11 is 0. The van der Waals surface area contributed by atoms with Crippen molar-refractivity contribution in [1.29, 1.82) is 0 Å². The number of nitrogens with zero attached hydrogens (tertiary/aromatic N) is 4. The molecule has 0 saturated carbocycles. The highest BCUT2D eigenvalue weighted by molar-refractivity contribution is 5.83. The summed E-state index contributed by atoms with van der Waals surface area (Å²) in [4.78, 5) is 30.6. The Morgan fingerprint density at radius 2 is 1.02 bits per heavy atom. The first-order chi connectivity index (χ1) is 31.4. The number of para-hydroxylation sites is 2. The highest BCUT2D eigenvalue weighted by Gasteiger charge is 2.41. The van der Waals surface area contributed by atoms with E-state index in [-0.39, 0.29) is 30.6 Å². The predicted octanol–water partition coefficient (Wildman–Crippen LogP) is 7.88. The number of rotatable bonds is 12. The van der Waals surface area contributed by atoms with Crippen LogP contribution in [0.25, 0.3) is 21.8 Å². The third-order valence-electron chi connectivity index (χ3n) is 14.2. The molecule has 4 aliphatic heterocycles. The number of carbonyl (C=O) groups is 1. The molecule has 2 saturated heterocycles. The Morgan fingerprint density at radius 3 is 1.45 bits per heavy atom. The van der Waals surface area contributed by atoms with Crippen LogP contribution in [-0.4, -0.2) is 129 Å². The van der Waals surface area contributed by atoms with E-state index < -0.39 is 0 Å². The number of morpholine rings is 2. The molecular formula is C51H60N6O7. The van der Waals surface area contributed by atoms with E-state index in [0.717, 1.165) is 85.6 Å².